The van der Waals surface area contributed by atoms with Gasteiger partial charge in [0.15, 0.2) is 3.53 Å². The molecule has 0 aromatic heterocycles. The van der Waals surface area contributed by atoms with Crippen LogP contribution in [-0.2, 0) is 19.7 Å². The van der Waals surface area contributed by atoms with Crippen molar-refractivity contribution in [2.75, 3.05) is 6.26 Å². The van der Waals surface area contributed by atoms with Gasteiger partial charge in [0.05, 0.1) is 0 Å². The van der Waals surface area contributed by atoms with Crippen molar-refractivity contribution in [3.8, 4) is 0 Å². The van der Waals surface area contributed by atoms with Gasteiger partial charge in [-0.15, -0.1) is 10.5 Å². The van der Waals surface area contributed by atoms with Crippen LogP contribution in [-0.4, -0.2) is 26.6 Å². The zero-order valence-corrected chi connectivity index (χ0v) is 12.8. The summed E-state index contributed by atoms with van der Waals surface area (Å²) in [7, 11) is -9.20. The second-order valence-corrected chi connectivity index (χ2v) is 9.84. The smallest absolute Gasteiger partial charge is 0.216 e. The lowest BCUT2D eigenvalue weighted by Gasteiger charge is -2.10. The summed E-state index contributed by atoms with van der Waals surface area (Å²) in [5, 5.41) is 1.30. The van der Waals surface area contributed by atoms with Gasteiger partial charge in [-0.05, 0) is 18.4 Å². The SMILES string of the molecule is C=CS(=O)(=O)C(=S(C)c1ccccc1)S(=O)(=O)C=C. The summed E-state index contributed by atoms with van der Waals surface area (Å²) in [5.74, 6) is 0. The van der Waals surface area contributed by atoms with E-state index in [1.807, 2.05) is 0 Å². The van der Waals surface area contributed by atoms with Gasteiger partial charge < -0.3 is 0 Å². The van der Waals surface area contributed by atoms with Crippen molar-refractivity contribution in [3.63, 3.8) is 0 Å². The van der Waals surface area contributed by atoms with E-state index < -0.39 is 33.7 Å². The van der Waals surface area contributed by atoms with Gasteiger partial charge in [0.25, 0.3) is 0 Å². The molecule has 0 radical (unpaired) electrons. The second-order valence-electron chi connectivity index (χ2n) is 3.50. The summed E-state index contributed by atoms with van der Waals surface area (Å²) >= 11 is 0. The maximum absolute atomic E-state index is 11.9. The molecule has 0 aliphatic heterocycles. The minimum Gasteiger partial charge on any atom is -0.218 e. The minimum atomic E-state index is -4.04. The number of hydrogen-bond donors (Lipinski definition) is 0. The van der Waals surface area contributed by atoms with E-state index in [9.17, 15) is 16.8 Å². The Morgan fingerprint density at radius 2 is 1.42 bits per heavy atom. The van der Waals surface area contributed by atoms with Crippen LogP contribution >= 0.6 is 10.5 Å². The molecule has 1 aromatic rings. The number of rotatable bonds is 3. The summed E-state index contributed by atoms with van der Waals surface area (Å²) in [4.78, 5) is 0.619. The summed E-state index contributed by atoms with van der Waals surface area (Å²) in [6, 6.07) is 8.57. The molecular weight excluding hydrogens is 304 g/mol. The van der Waals surface area contributed by atoms with Gasteiger partial charge in [-0.3, -0.25) is 0 Å². The van der Waals surface area contributed by atoms with E-state index in [0.29, 0.717) is 15.7 Å². The maximum Gasteiger partial charge on any atom is 0.216 e. The highest BCUT2D eigenvalue weighted by atomic mass is 32.3. The van der Waals surface area contributed by atoms with Gasteiger partial charge in [0.1, 0.15) is 0 Å². The lowest BCUT2D eigenvalue weighted by Crippen LogP contribution is -2.21. The number of sulfone groups is 2. The maximum atomic E-state index is 11.9. The van der Waals surface area contributed by atoms with Crippen LogP contribution in [0.25, 0.3) is 0 Å². The van der Waals surface area contributed by atoms with Crippen molar-refractivity contribution in [1.29, 1.82) is 0 Å². The zero-order valence-electron chi connectivity index (χ0n) is 10.3. The molecular formula is C12H14O4S3. The van der Waals surface area contributed by atoms with Crippen molar-refractivity contribution < 1.29 is 16.8 Å². The molecule has 0 aliphatic rings. The Labute approximate surface area is 116 Å². The monoisotopic (exact) mass is 318 g/mol. The fraction of sp³-hybridized carbons (Fsp3) is 0.0833. The molecule has 7 heteroatoms. The van der Waals surface area contributed by atoms with E-state index in [0.717, 1.165) is 0 Å². The van der Waals surface area contributed by atoms with E-state index in [2.05, 4.69) is 13.2 Å². The van der Waals surface area contributed by atoms with Crippen molar-refractivity contribution in [3.05, 3.63) is 54.3 Å². The van der Waals surface area contributed by atoms with Crippen molar-refractivity contribution >= 4 is 33.7 Å². The first-order chi connectivity index (χ1) is 8.76. The van der Waals surface area contributed by atoms with E-state index >= 15 is 0 Å². The number of hydrogen-bond acceptors (Lipinski definition) is 4. The molecule has 104 valence electrons. The van der Waals surface area contributed by atoms with E-state index in [1.165, 1.54) is 0 Å². The average Bonchev–Trinajstić information content (AvgIpc) is 2.39. The molecule has 4 nitrogen and oxygen atoms in total. The van der Waals surface area contributed by atoms with Gasteiger partial charge in [0, 0.05) is 15.7 Å². The van der Waals surface area contributed by atoms with Crippen molar-refractivity contribution in [2.45, 2.75) is 4.90 Å². The fourth-order valence-electron chi connectivity index (χ4n) is 1.37. The predicted octanol–water partition coefficient (Wildman–Crippen LogP) is 2.15. The van der Waals surface area contributed by atoms with Gasteiger partial charge in [-0.25, -0.2) is 16.8 Å². The third kappa shape index (κ3) is 3.43. The van der Waals surface area contributed by atoms with Crippen LogP contribution in [0.5, 0.6) is 0 Å². The molecule has 0 fully saturated rings. The normalized spacial score (nSPS) is 13.5. The molecule has 1 atom stereocenters. The standard InChI is InChI=1S/C12H14O4S3/c1-4-18(13,14)12(19(15,16)5-2)17(3)11-9-7-6-8-10-11/h4-10H,1-2H2,3H3. The third-order valence-electron chi connectivity index (χ3n) is 2.25. The first kappa shape index (κ1) is 15.9. The van der Waals surface area contributed by atoms with Crippen LogP contribution in [0.4, 0.5) is 0 Å². The van der Waals surface area contributed by atoms with Gasteiger partial charge in [-0.2, -0.15) is 0 Å². The van der Waals surface area contributed by atoms with Gasteiger partial charge in [0.2, 0.25) is 19.7 Å². The van der Waals surface area contributed by atoms with E-state index in [-0.39, 0.29) is 0 Å². The lowest BCUT2D eigenvalue weighted by atomic mass is 10.4. The Kier molecular flexibility index (Phi) is 4.89. The molecule has 0 spiro atoms. The Morgan fingerprint density at radius 1 is 1.00 bits per heavy atom. The summed E-state index contributed by atoms with van der Waals surface area (Å²) in [6.07, 6.45) is 1.55. The molecule has 0 N–H and O–H groups in total. The fourth-order valence-corrected chi connectivity index (χ4v) is 7.87. The van der Waals surface area contributed by atoms with Crippen LogP contribution < -0.4 is 0 Å². The zero-order chi connectivity index (χ0) is 14.7. The number of benzene rings is 1. The topological polar surface area (TPSA) is 68.3 Å². The lowest BCUT2D eigenvalue weighted by molar-refractivity contribution is 0.612. The highest BCUT2D eigenvalue weighted by molar-refractivity contribution is 8.49. The van der Waals surface area contributed by atoms with Crippen molar-refractivity contribution in [2.24, 2.45) is 0 Å². The molecule has 0 saturated heterocycles. The van der Waals surface area contributed by atoms with Gasteiger partial charge >= 0.3 is 0 Å². The second kappa shape index (κ2) is 5.85. The molecule has 1 unspecified atom stereocenters. The Morgan fingerprint density at radius 3 is 1.79 bits per heavy atom. The van der Waals surface area contributed by atoms with Crippen LogP contribution in [0.2, 0.25) is 0 Å². The molecule has 1 aromatic carbocycles. The quantitative estimate of drug-likeness (QED) is 0.801. The summed E-state index contributed by atoms with van der Waals surface area (Å²) < 4.78 is 47.2. The average molecular weight is 318 g/mol. The molecule has 0 aliphatic carbocycles. The van der Waals surface area contributed by atoms with Crippen molar-refractivity contribution in [1.82, 2.24) is 0 Å². The van der Waals surface area contributed by atoms with E-state index in [4.69, 9.17) is 0 Å². The molecule has 19 heavy (non-hydrogen) atoms. The highest BCUT2D eigenvalue weighted by Gasteiger charge is 2.29. The largest absolute Gasteiger partial charge is 0.218 e. The van der Waals surface area contributed by atoms with E-state index in [1.54, 1.807) is 36.6 Å². The highest BCUT2D eigenvalue weighted by Crippen LogP contribution is 2.29. The molecule has 0 bridgehead atoms. The molecule has 0 amide bonds. The minimum absolute atomic E-state index is 0.573. The first-order valence-corrected chi connectivity index (χ1v) is 9.82. The first-order valence-electron chi connectivity index (χ1n) is 5.09. The predicted molar refractivity (Wildman–Crippen MR) is 81.5 cm³/mol. The van der Waals surface area contributed by atoms with Crippen LogP contribution in [0.3, 0.4) is 0 Å². The Bertz CT molecular complexity index is 686. The Hall–Kier alpha value is -1.18. The molecule has 1 rings (SSSR count). The summed E-state index contributed by atoms with van der Waals surface area (Å²) in [5.41, 5.74) is 0. The third-order valence-corrected chi connectivity index (χ3v) is 9.82. The summed E-state index contributed by atoms with van der Waals surface area (Å²) in [6.45, 7) is 6.35. The van der Waals surface area contributed by atoms with Crippen LogP contribution in [0.1, 0.15) is 0 Å². The van der Waals surface area contributed by atoms with Gasteiger partial charge in [-0.1, -0.05) is 31.4 Å². The molecule has 0 saturated carbocycles. The van der Waals surface area contributed by atoms with Crippen LogP contribution in [0.15, 0.2) is 59.2 Å². The Balaban J connectivity index is 3.78. The molecule has 0 heterocycles. The van der Waals surface area contributed by atoms with Crippen LogP contribution in [0, 0.1) is 0 Å².